The Morgan fingerprint density at radius 1 is 1.50 bits per heavy atom. The van der Waals surface area contributed by atoms with E-state index >= 15 is 0 Å². The lowest BCUT2D eigenvalue weighted by molar-refractivity contribution is 1.04. The molecule has 0 unspecified atom stereocenters. The number of pyridine rings is 1. The van der Waals surface area contributed by atoms with Crippen molar-refractivity contribution in [3.8, 4) is 0 Å². The maximum Gasteiger partial charge on any atom is 0.141 e. The maximum atomic E-state index is 5.66. The highest BCUT2D eigenvalue weighted by Gasteiger charge is 2.26. The minimum Gasteiger partial charge on any atom is -0.326 e. The summed E-state index contributed by atoms with van der Waals surface area (Å²) in [7, 11) is 0. The SMILES string of the molecule is NCc1cccn2cc(C3CC3)nc12. The fraction of sp³-hybridized carbons (Fsp3) is 0.364. The third-order valence-electron chi connectivity index (χ3n) is 2.80. The van der Waals surface area contributed by atoms with Crippen molar-refractivity contribution in [3.05, 3.63) is 35.8 Å². The fourth-order valence-electron chi connectivity index (χ4n) is 1.83. The minimum absolute atomic E-state index is 0.561. The molecule has 14 heavy (non-hydrogen) atoms. The average Bonchev–Trinajstić information content (AvgIpc) is 2.97. The van der Waals surface area contributed by atoms with Crippen LogP contribution in [0.1, 0.15) is 30.0 Å². The van der Waals surface area contributed by atoms with Crippen molar-refractivity contribution in [2.45, 2.75) is 25.3 Å². The van der Waals surface area contributed by atoms with Gasteiger partial charge in [0.2, 0.25) is 0 Å². The van der Waals surface area contributed by atoms with Crippen molar-refractivity contribution < 1.29 is 0 Å². The van der Waals surface area contributed by atoms with Crippen LogP contribution in [-0.4, -0.2) is 9.38 Å². The van der Waals surface area contributed by atoms with Gasteiger partial charge >= 0.3 is 0 Å². The highest BCUT2D eigenvalue weighted by atomic mass is 15.0. The van der Waals surface area contributed by atoms with E-state index in [-0.39, 0.29) is 0 Å². The van der Waals surface area contributed by atoms with Gasteiger partial charge in [-0.05, 0) is 18.9 Å². The number of fused-ring (bicyclic) bond motifs is 1. The van der Waals surface area contributed by atoms with Crippen LogP contribution in [0.4, 0.5) is 0 Å². The molecule has 2 heterocycles. The lowest BCUT2D eigenvalue weighted by atomic mass is 10.3. The van der Waals surface area contributed by atoms with Gasteiger partial charge < -0.3 is 10.1 Å². The van der Waals surface area contributed by atoms with E-state index in [0.717, 1.165) is 11.2 Å². The molecule has 3 heteroatoms. The molecule has 0 spiro atoms. The second-order valence-corrected chi connectivity index (χ2v) is 3.91. The van der Waals surface area contributed by atoms with Crippen molar-refractivity contribution in [3.63, 3.8) is 0 Å². The lowest BCUT2D eigenvalue weighted by Crippen LogP contribution is -1.99. The minimum atomic E-state index is 0.561. The molecule has 1 saturated carbocycles. The number of hydrogen-bond acceptors (Lipinski definition) is 2. The predicted molar refractivity (Wildman–Crippen MR) is 55.1 cm³/mol. The molecule has 1 aliphatic carbocycles. The number of rotatable bonds is 2. The summed E-state index contributed by atoms with van der Waals surface area (Å²) in [6.07, 6.45) is 6.75. The average molecular weight is 187 g/mol. The van der Waals surface area contributed by atoms with Crippen LogP contribution in [0.25, 0.3) is 5.65 Å². The molecule has 3 rings (SSSR count). The van der Waals surface area contributed by atoms with Crippen molar-refractivity contribution in [2.75, 3.05) is 0 Å². The van der Waals surface area contributed by atoms with Crippen LogP contribution < -0.4 is 5.73 Å². The van der Waals surface area contributed by atoms with E-state index in [9.17, 15) is 0 Å². The quantitative estimate of drug-likeness (QED) is 0.777. The van der Waals surface area contributed by atoms with Gasteiger partial charge in [0.15, 0.2) is 0 Å². The monoisotopic (exact) mass is 187 g/mol. The van der Waals surface area contributed by atoms with Crippen molar-refractivity contribution in [1.29, 1.82) is 0 Å². The summed E-state index contributed by atoms with van der Waals surface area (Å²) in [5, 5.41) is 0. The first-order chi connectivity index (χ1) is 6.88. The molecule has 3 nitrogen and oxygen atoms in total. The lowest BCUT2D eigenvalue weighted by Gasteiger charge is -1.97. The second kappa shape index (κ2) is 2.82. The molecule has 2 N–H and O–H groups in total. The molecule has 0 atom stereocenters. The number of aromatic nitrogens is 2. The summed E-state index contributed by atoms with van der Waals surface area (Å²) in [5.74, 6) is 0.709. The fourth-order valence-corrected chi connectivity index (χ4v) is 1.83. The van der Waals surface area contributed by atoms with Gasteiger partial charge in [0.1, 0.15) is 5.65 Å². The highest BCUT2D eigenvalue weighted by Crippen LogP contribution is 2.39. The standard InChI is InChI=1S/C11H13N3/c12-6-9-2-1-5-14-7-10(8-3-4-8)13-11(9)14/h1-2,5,7-8H,3-4,6,12H2. The Labute approximate surface area is 82.6 Å². The maximum absolute atomic E-state index is 5.66. The molecule has 2 aromatic rings. The third kappa shape index (κ3) is 1.13. The zero-order chi connectivity index (χ0) is 9.54. The summed E-state index contributed by atoms with van der Waals surface area (Å²) in [6.45, 7) is 0.561. The van der Waals surface area contributed by atoms with Gasteiger partial charge in [-0.25, -0.2) is 4.98 Å². The Morgan fingerprint density at radius 2 is 2.36 bits per heavy atom. The summed E-state index contributed by atoms with van der Waals surface area (Å²) in [5.41, 5.74) is 9.04. The van der Waals surface area contributed by atoms with E-state index in [1.165, 1.54) is 18.5 Å². The molecule has 2 aromatic heterocycles. The molecule has 0 aliphatic heterocycles. The number of hydrogen-bond donors (Lipinski definition) is 1. The second-order valence-electron chi connectivity index (χ2n) is 3.91. The number of nitrogens with zero attached hydrogens (tertiary/aromatic N) is 2. The number of nitrogens with two attached hydrogens (primary N) is 1. The van der Waals surface area contributed by atoms with Gasteiger partial charge in [-0.2, -0.15) is 0 Å². The molecule has 72 valence electrons. The van der Waals surface area contributed by atoms with E-state index in [1.807, 2.05) is 18.3 Å². The zero-order valence-corrected chi connectivity index (χ0v) is 7.98. The number of imidazole rings is 1. The smallest absolute Gasteiger partial charge is 0.141 e. The van der Waals surface area contributed by atoms with Gasteiger partial charge in [0, 0.05) is 30.4 Å². The zero-order valence-electron chi connectivity index (χ0n) is 7.98. The van der Waals surface area contributed by atoms with Crippen LogP contribution in [0.2, 0.25) is 0 Å². The summed E-state index contributed by atoms with van der Waals surface area (Å²) in [6, 6.07) is 4.06. The molecule has 0 bridgehead atoms. The molecular formula is C11H13N3. The third-order valence-corrected chi connectivity index (χ3v) is 2.80. The molecule has 1 fully saturated rings. The largest absolute Gasteiger partial charge is 0.326 e. The Balaban J connectivity index is 2.20. The highest BCUT2D eigenvalue weighted by molar-refractivity contribution is 5.49. The van der Waals surface area contributed by atoms with E-state index < -0.39 is 0 Å². The normalized spacial score (nSPS) is 16.4. The summed E-state index contributed by atoms with van der Waals surface area (Å²) in [4.78, 5) is 4.63. The van der Waals surface area contributed by atoms with Gasteiger partial charge in [-0.15, -0.1) is 0 Å². The van der Waals surface area contributed by atoms with E-state index in [0.29, 0.717) is 12.5 Å². The first-order valence-electron chi connectivity index (χ1n) is 5.05. The Kier molecular flexibility index (Phi) is 1.61. The van der Waals surface area contributed by atoms with Gasteiger partial charge in [-0.3, -0.25) is 0 Å². The van der Waals surface area contributed by atoms with Crippen LogP contribution in [0.3, 0.4) is 0 Å². The van der Waals surface area contributed by atoms with Gasteiger partial charge in [-0.1, -0.05) is 6.07 Å². The van der Waals surface area contributed by atoms with E-state index in [4.69, 9.17) is 5.73 Å². The van der Waals surface area contributed by atoms with Gasteiger partial charge in [0.05, 0.1) is 5.69 Å². The topological polar surface area (TPSA) is 43.3 Å². The van der Waals surface area contributed by atoms with Crippen molar-refractivity contribution in [2.24, 2.45) is 5.73 Å². The summed E-state index contributed by atoms with van der Waals surface area (Å²) >= 11 is 0. The van der Waals surface area contributed by atoms with E-state index in [2.05, 4.69) is 15.6 Å². The summed E-state index contributed by atoms with van der Waals surface area (Å²) < 4.78 is 2.08. The van der Waals surface area contributed by atoms with Crippen molar-refractivity contribution >= 4 is 5.65 Å². The first-order valence-corrected chi connectivity index (χ1v) is 5.05. The molecule has 0 radical (unpaired) electrons. The molecule has 0 amide bonds. The first kappa shape index (κ1) is 8.00. The Hall–Kier alpha value is -1.35. The Bertz CT molecular complexity index is 468. The molecule has 0 saturated heterocycles. The molecule has 1 aliphatic rings. The predicted octanol–water partition coefficient (Wildman–Crippen LogP) is 1.67. The van der Waals surface area contributed by atoms with Crippen LogP contribution in [-0.2, 0) is 6.54 Å². The van der Waals surface area contributed by atoms with Crippen LogP contribution in [0.5, 0.6) is 0 Å². The van der Waals surface area contributed by atoms with Crippen LogP contribution >= 0.6 is 0 Å². The van der Waals surface area contributed by atoms with Crippen LogP contribution in [0, 0.1) is 0 Å². The van der Waals surface area contributed by atoms with Gasteiger partial charge in [0.25, 0.3) is 0 Å². The van der Waals surface area contributed by atoms with Crippen molar-refractivity contribution in [1.82, 2.24) is 9.38 Å². The molecular weight excluding hydrogens is 174 g/mol. The molecule has 0 aromatic carbocycles. The Morgan fingerprint density at radius 3 is 3.07 bits per heavy atom. The van der Waals surface area contributed by atoms with Crippen LogP contribution in [0.15, 0.2) is 24.5 Å². The van der Waals surface area contributed by atoms with E-state index in [1.54, 1.807) is 0 Å².